The average Bonchev–Trinajstić information content (AvgIpc) is 2.78. The van der Waals surface area contributed by atoms with Crippen molar-refractivity contribution >= 4 is 44.6 Å². The van der Waals surface area contributed by atoms with Gasteiger partial charge in [0, 0.05) is 20.6 Å². The number of ether oxygens (including phenoxy) is 2. The lowest BCUT2D eigenvalue weighted by atomic mass is 10.2. The highest BCUT2D eigenvalue weighted by Crippen LogP contribution is 2.35. The van der Waals surface area contributed by atoms with Gasteiger partial charge in [-0.15, -0.1) is 4.68 Å². The molecular weight excluding hydrogens is 498 g/mol. The van der Waals surface area contributed by atoms with Crippen molar-refractivity contribution < 1.29 is 9.47 Å². The molecule has 0 amide bonds. The van der Waals surface area contributed by atoms with Crippen LogP contribution in [-0.2, 0) is 6.61 Å². The molecule has 0 saturated carbocycles. The molecule has 0 aliphatic heterocycles. The van der Waals surface area contributed by atoms with Crippen LogP contribution in [0.4, 0.5) is 0 Å². The summed E-state index contributed by atoms with van der Waals surface area (Å²) >= 11 is 9.66. The van der Waals surface area contributed by atoms with Crippen LogP contribution in [0.5, 0.6) is 11.5 Å². The first-order valence-electron chi connectivity index (χ1n) is 9.50. The summed E-state index contributed by atoms with van der Waals surface area (Å²) in [6, 6.07) is 17.6. The number of para-hydroxylation sites is 1. The Bertz CT molecular complexity index is 1450. The molecule has 0 fully saturated rings. The lowest BCUT2D eigenvalue weighted by molar-refractivity contribution is 0.284. The number of rotatable bonds is 6. The second-order valence-corrected chi connectivity index (χ2v) is 8.07. The van der Waals surface area contributed by atoms with Crippen LogP contribution in [0.1, 0.15) is 11.1 Å². The van der Waals surface area contributed by atoms with E-state index >= 15 is 0 Å². The molecule has 7 nitrogen and oxygen atoms in total. The fourth-order valence-electron chi connectivity index (χ4n) is 3.13. The largest absolute Gasteiger partial charge is 0.493 e. The number of halogens is 2. The number of aromatic nitrogens is 2. The molecule has 162 valence electrons. The van der Waals surface area contributed by atoms with Crippen LogP contribution in [-0.4, -0.2) is 23.0 Å². The number of hydrogen-bond donors (Lipinski definition) is 1. The number of hydrogen-bond acceptors (Lipinski definition) is 5. The molecule has 1 heterocycles. The van der Waals surface area contributed by atoms with E-state index in [-0.39, 0.29) is 6.61 Å². The number of benzene rings is 3. The van der Waals surface area contributed by atoms with Gasteiger partial charge in [-0.3, -0.25) is 4.79 Å². The summed E-state index contributed by atoms with van der Waals surface area (Å²) in [6.45, 7) is 0.189. The summed E-state index contributed by atoms with van der Waals surface area (Å²) in [6.07, 6.45) is 1.38. The lowest BCUT2D eigenvalue weighted by Gasteiger charge is -2.14. The Kier molecular flexibility index (Phi) is 6.43. The number of nitrogens with one attached hydrogen (secondary N) is 1. The third-order valence-corrected chi connectivity index (χ3v) is 5.52. The van der Waals surface area contributed by atoms with Gasteiger partial charge in [-0.05, 0) is 30.3 Å². The fourth-order valence-corrected chi connectivity index (χ4v) is 3.78. The van der Waals surface area contributed by atoms with Crippen molar-refractivity contribution in [3.63, 3.8) is 0 Å². The predicted octanol–water partition coefficient (Wildman–Crippen LogP) is 4.58. The molecule has 9 heteroatoms. The maximum absolute atomic E-state index is 12.7. The first kappa shape index (κ1) is 21.9. The predicted molar refractivity (Wildman–Crippen MR) is 128 cm³/mol. The number of aromatic amines is 1. The Morgan fingerprint density at radius 3 is 2.66 bits per heavy atom. The molecule has 0 aliphatic carbocycles. The minimum absolute atomic E-state index is 0.189. The van der Waals surface area contributed by atoms with E-state index < -0.39 is 11.2 Å². The van der Waals surface area contributed by atoms with E-state index in [2.05, 4.69) is 26.0 Å². The van der Waals surface area contributed by atoms with Gasteiger partial charge in [0.1, 0.15) is 6.61 Å². The van der Waals surface area contributed by atoms with Gasteiger partial charge in [0.25, 0.3) is 5.56 Å². The fraction of sp³-hybridized carbons (Fsp3) is 0.0870. The zero-order chi connectivity index (χ0) is 22.7. The summed E-state index contributed by atoms with van der Waals surface area (Å²) in [4.78, 5) is 27.8. The molecule has 4 aromatic rings. The second kappa shape index (κ2) is 9.42. The molecule has 32 heavy (non-hydrogen) atoms. The molecular formula is C23H17BrClN3O4. The topological polar surface area (TPSA) is 85.7 Å². The number of fused-ring (bicyclic) bond motifs is 1. The van der Waals surface area contributed by atoms with Crippen molar-refractivity contribution in [1.29, 1.82) is 0 Å². The van der Waals surface area contributed by atoms with Crippen molar-refractivity contribution in [1.82, 2.24) is 9.66 Å². The molecule has 0 bridgehead atoms. The van der Waals surface area contributed by atoms with Crippen LogP contribution in [0, 0.1) is 0 Å². The van der Waals surface area contributed by atoms with Crippen LogP contribution < -0.4 is 20.7 Å². The summed E-state index contributed by atoms with van der Waals surface area (Å²) in [5.74, 6) is 0.845. The van der Waals surface area contributed by atoms with Crippen molar-refractivity contribution in [2.75, 3.05) is 7.11 Å². The third kappa shape index (κ3) is 4.46. The lowest BCUT2D eigenvalue weighted by Crippen LogP contribution is -2.32. The van der Waals surface area contributed by atoms with Gasteiger partial charge >= 0.3 is 5.69 Å². The first-order valence-corrected chi connectivity index (χ1v) is 10.7. The first-order chi connectivity index (χ1) is 15.5. The van der Waals surface area contributed by atoms with Gasteiger partial charge in [-0.2, -0.15) is 5.10 Å². The highest BCUT2D eigenvalue weighted by Gasteiger charge is 2.14. The molecule has 0 saturated heterocycles. The summed E-state index contributed by atoms with van der Waals surface area (Å²) in [5.41, 5.74) is 0.570. The van der Waals surface area contributed by atoms with Crippen LogP contribution >= 0.6 is 27.5 Å². The summed E-state index contributed by atoms with van der Waals surface area (Å²) in [5, 5.41) is 5.06. The van der Waals surface area contributed by atoms with E-state index in [9.17, 15) is 9.59 Å². The highest BCUT2D eigenvalue weighted by molar-refractivity contribution is 9.10. The standard InChI is InChI=1S/C23H17BrClN3O4/c1-31-20-11-16(24)10-15(21(20)32-13-14-6-2-4-8-18(14)25)12-26-28-22(29)17-7-3-5-9-19(17)27-23(28)30/h2-12H,13H2,1H3,(H,27,30). The average molecular weight is 515 g/mol. The Labute approximate surface area is 196 Å². The van der Waals surface area contributed by atoms with E-state index in [4.69, 9.17) is 21.1 Å². The molecule has 3 aromatic carbocycles. The Morgan fingerprint density at radius 2 is 1.88 bits per heavy atom. The van der Waals surface area contributed by atoms with Crippen LogP contribution in [0.25, 0.3) is 10.9 Å². The summed E-state index contributed by atoms with van der Waals surface area (Å²) in [7, 11) is 1.52. The zero-order valence-corrected chi connectivity index (χ0v) is 19.2. The molecule has 0 atom stereocenters. The second-order valence-electron chi connectivity index (χ2n) is 6.74. The van der Waals surface area contributed by atoms with E-state index in [1.54, 1.807) is 42.5 Å². The van der Waals surface area contributed by atoms with Crippen molar-refractivity contribution in [3.05, 3.63) is 102 Å². The van der Waals surface area contributed by atoms with Gasteiger partial charge in [-0.25, -0.2) is 4.79 Å². The molecule has 4 rings (SSSR count). The van der Waals surface area contributed by atoms with Crippen molar-refractivity contribution in [2.45, 2.75) is 6.61 Å². The SMILES string of the molecule is COc1cc(Br)cc(C=Nn2c(=O)[nH]c3ccccc3c2=O)c1OCc1ccccc1Cl. The monoisotopic (exact) mass is 513 g/mol. The van der Waals surface area contributed by atoms with Gasteiger partial charge in [-0.1, -0.05) is 57.9 Å². The maximum atomic E-state index is 12.7. The number of nitrogens with zero attached hydrogens (tertiary/aromatic N) is 2. The number of methoxy groups -OCH3 is 1. The van der Waals surface area contributed by atoms with E-state index in [1.165, 1.54) is 13.3 Å². The normalized spacial score (nSPS) is 11.2. The molecule has 0 unspecified atom stereocenters. The van der Waals surface area contributed by atoms with Crippen LogP contribution in [0.3, 0.4) is 0 Å². The highest BCUT2D eigenvalue weighted by atomic mass is 79.9. The zero-order valence-electron chi connectivity index (χ0n) is 16.8. The van der Waals surface area contributed by atoms with Gasteiger partial charge in [0.2, 0.25) is 0 Å². The van der Waals surface area contributed by atoms with Gasteiger partial charge in [0.05, 0.1) is 24.2 Å². The molecule has 0 spiro atoms. The van der Waals surface area contributed by atoms with Crippen LogP contribution in [0.2, 0.25) is 5.02 Å². The Morgan fingerprint density at radius 1 is 1.12 bits per heavy atom. The quantitative estimate of drug-likeness (QED) is 0.382. The molecule has 0 aliphatic rings. The molecule has 1 N–H and O–H groups in total. The van der Waals surface area contributed by atoms with E-state index in [0.29, 0.717) is 37.5 Å². The smallest absolute Gasteiger partial charge is 0.349 e. The molecule has 0 radical (unpaired) electrons. The van der Waals surface area contributed by atoms with Gasteiger partial charge in [0.15, 0.2) is 11.5 Å². The minimum Gasteiger partial charge on any atom is -0.493 e. The number of H-pyrrole nitrogens is 1. The minimum atomic E-state index is -0.648. The molecule has 1 aromatic heterocycles. The Balaban J connectivity index is 1.75. The maximum Gasteiger partial charge on any atom is 0.349 e. The van der Waals surface area contributed by atoms with E-state index in [1.807, 2.05) is 18.2 Å². The van der Waals surface area contributed by atoms with E-state index in [0.717, 1.165) is 10.2 Å². The Hall–Kier alpha value is -3.36. The van der Waals surface area contributed by atoms with Crippen molar-refractivity contribution in [3.8, 4) is 11.5 Å². The van der Waals surface area contributed by atoms with Gasteiger partial charge < -0.3 is 14.5 Å². The summed E-state index contributed by atoms with van der Waals surface area (Å²) < 4.78 is 12.9. The van der Waals surface area contributed by atoms with Crippen molar-refractivity contribution in [2.24, 2.45) is 5.10 Å². The third-order valence-electron chi connectivity index (χ3n) is 4.69. The van der Waals surface area contributed by atoms with Crippen LogP contribution in [0.15, 0.2) is 79.8 Å².